The van der Waals surface area contributed by atoms with E-state index in [1.54, 1.807) is 35.2 Å². The summed E-state index contributed by atoms with van der Waals surface area (Å²) in [5.74, 6) is -0.243. The molecular formula is C27H27Cl3N2O2S. The van der Waals surface area contributed by atoms with Crippen molar-refractivity contribution in [2.24, 2.45) is 0 Å². The Hall–Kier alpha value is -2.18. The van der Waals surface area contributed by atoms with E-state index in [1.807, 2.05) is 49.4 Å². The lowest BCUT2D eigenvalue weighted by molar-refractivity contribution is -0.139. The largest absolute Gasteiger partial charge is 0.354 e. The molecule has 184 valence electrons. The zero-order valence-corrected chi connectivity index (χ0v) is 22.4. The molecule has 0 unspecified atom stereocenters. The predicted molar refractivity (Wildman–Crippen MR) is 146 cm³/mol. The molecule has 0 aromatic heterocycles. The van der Waals surface area contributed by atoms with E-state index in [2.05, 4.69) is 5.32 Å². The molecule has 0 heterocycles. The highest BCUT2D eigenvalue weighted by Crippen LogP contribution is 2.28. The molecule has 0 aliphatic carbocycles. The van der Waals surface area contributed by atoms with Crippen molar-refractivity contribution in [1.29, 1.82) is 0 Å². The SMILES string of the molecule is CCCNC(=O)[C@H](Cc1ccccc1)N(Cc1c(Cl)cccc1Cl)C(=O)CSc1ccc(Cl)cc1. The van der Waals surface area contributed by atoms with Gasteiger partial charge in [0.1, 0.15) is 6.04 Å². The molecule has 0 bridgehead atoms. The number of nitrogens with one attached hydrogen (secondary N) is 1. The molecule has 4 nitrogen and oxygen atoms in total. The molecule has 3 aromatic rings. The van der Waals surface area contributed by atoms with Crippen molar-refractivity contribution in [3.05, 3.63) is 99.0 Å². The first-order valence-corrected chi connectivity index (χ1v) is 13.4. The van der Waals surface area contributed by atoms with Gasteiger partial charge < -0.3 is 10.2 Å². The maximum atomic E-state index is 13.6. The summed E-state index contributed by atoms with van der Waals surface area (Å²) >= 11 is 20.3. The minimum absolute atomic E-state index is 0.121. The Morgan fingerprint density at radius 1 is 0.914 bits per heavy atom. The van der Waals surface area contributed by atoms with Crippen molar-refractivity contribution >= 4 is 58.4 Å². The minimum atomic E-state index is -0.727. The van der Waals surface area contributed by atoms with Gasteiger partial charge in [-0.25, -0.2) is 0 Å². The Balaban J connectivity index is 1.93. The first kappa shape index (κ1) is 27.4. The van der Waals surface area contributed by atoms with Crippen LogP contribution in [0.1, 0.15) is 24.5 Å². The summed E-state index contributed by atoms with van der Waals surface area (Å²) in [6, 6.07) is 21.5. The molecule has 1 atom stereocenters. The van der Waals surface area contributed by atoms with Crippen molar-refractivity contribution < 1.29 is 9.59 Å². The Morgan fingerprint density at radius 3 is 2.20 bits per heavy atom. The van der Waals surface area contributed by atoms with E-state index < -0.39 is 6.04 Å². The number of hydrogen-bond acceptors (Lipinski definition) is 3. The van der Waals surface area contributed by atoms with Crippen LogP contribution in [0.2, 0.25) is 15.1 Å². The van der Waals surface area contributed by atoms with E-state index >= 15 is 0 Å². The van der Waals surface area contributed by atoms with Gasteiger partial charge in [-0.1, -0.05) is 78.1 Å². The van der Waals surface area contributed by atoms with E-state index in [9.17, 15) is 9.59 Å². The van der Waals surface area contributed by atoms with Gasteiger partial charge in [-0.15, -0.1) is 11.8 Å². The number of halogens is 3. The average Bonchev–Trinajstić information content (AvgIpc) is 2.86. The third-order valence-corrected chi connectivity index (χ3v) is 7.34. The van der Waals surface area contributed by atoms with Gasteiger partial charge >= 0.3 is 0 Å². The van der Waals surface area contributed by atoms with Crippen molar-refractivity contribution in [1.82, 2.24) is 10.2 Å². The molecule has 0 spiro atoms. The lowest BCUT2D eigenvalue weighted by atomic mass is 10.0. The van der Waals surface area contributed by atoms with Crippen LogP contribution in [-0.2, 0) is 22.6 Å². The van der Waals surface area contributed by atoms with Crippen LogP contribution in [0.3, 0.4) is 0 Å². The first-order valence-electron chi connectivity index (χ1n) is 11.3. The second kappa shape index (κ2) is 13.8. The molecule has 2 amide bonds. The third-order valence-electron chi connectivity index (χ3n) is 5.39. The number of hydrogen-bond donors (Lipinski definition) is 1. The molecule has 3 aromatic carbocycles. The van der Waals surface area contributed by atoms with Crippen LogP contribution >= 0.6 is 46.6 Å². The Morgan fingerprint density at radius 2 is 1.57 bits per heavy atom. The number of carbonyl (C=O) groups excluding carboxylic acids is 2. The summed E-state index contributed by atoms with van der Waals surface area (Å²) in [5, 5.41) is 4.50. The number of amides is 2. The van der Waals surface area contributed by atoms with Crippen LogP contribution in [0.5, 0.6) is 0 Å². The number of carbonyl (C=O) groups is 2. The van der Waals surface area contributed by atoms with E-state index in [4.69, 9.17) is 34.8 Å². The van der Waals surface area contributed by atoms with Crippen LogP contribution in [0.25, 0.3) is 0 Å². The van der Waals surface area contributed by atoms with Gasteiger partial charge in [-0.3, -0.25) is 9.59 Å². The topological polar surface area (TPSA) is 49.4 Å². The summed E-state index contributed by atoms with van der Waals surface area (Å²) in [4.78, 5) is 29.5. The van der Waals surface area contributed by atoms with Gasteiger partial charge in [0.2, 0.25) is 11.8 Å². The fourth-order valence-corrected chi connectivity index (χ4v) is 4.96. The molecule has 8 heteroatoms. The lowest BCUT2D eigenvalue weighted by Crippen LogP contribution is -2.51. The van der Waals surface area contributed by atoms with Crippen LogP contribution in [0, 0.1) is 0 Å². The van der Waals surface area contributed by atoms with Gasteiger partial charge in [0, 0.05) is 45.0 Å². The highest BCUT2D eigenvalue weighted by molar-refractivity contribution is 8.00. The standard InChI is InChI=1S/C27H27Cl3N2O2S/c1-2-15-31-27(34)25(16-19-7-4-3-5-8-19)32(17-22-23(29)9-6-10-24(22)30)26(33)18-35-21-13-11-20(28)12-14-21/h3-14,25H,2,15-18H2,1H3,(H,31,34)/t25-/m0/s1. The molecular weight excluding hydrogens is 523 g/mol. The van der Waals surface area contributed by atoms with E-state index in [0.29, 0.717) is 33.6 Å². The minimum Gasteiger partial charge on any atom is -0.354 e. The fourth-order valence-electron chi connectivity index (χ4n) is 3.53. The monoisotopic (exact) mass is 548 g/mol. The Kier molecular flexibility index (Phi) is 10.8. The van der Waals surface area contributed by atoms with Crippen LogP contribution < -0.4 is 5.32 Å². The van der Waals surface area contributed by atoms with Crippen LogP contribution in [0.15, 0.2) is 77.7 Å². The second-order valence-electron chi connectivity index (χ2n) is 7.96. The lowest BCUT2D eigenvalue weighted by Gasteiger charge is -2.32. The van der Waals surface area contributed by atoms with Gasteiger partial charge in [0.25, 0.3) is 0 Å². The first-order chi connectivity index (χ1) is 16.9. The zero-order valence-electron chi connectivity index (χ0n) is 19.3. The fraction of sp³-hybridized carbons (Fsp3) is 0.259. The highest BCUT2D eigenvalue weighted by atomic mass is 35.5. The van der Waals surface area contributed by atoms with Crippen molar-refractivity contribution in [2.75, 3.05) is 12.3 Å². The molecule has 0 saturated heterocycles. The summed E-state index contributed by atoms with van der Waals surface area (Å²) in [7, 11) is 0. The smallest absolute Gasteiger partial charge is 0.243 e. The Labute approximate surface area is 225 Å². The van der Waals surface area contributed by atoms with Gasteiger partial charge in [0.15, 0.2) is 0 Å². The number of benzene rings is 3. The average molecular weight is 550 g/mol. The Bertz CT molecular complexity index is 1110. The van der Waals surface area contributed by atoms with Crippen LogP contribution in [-0.4, -0.2) is 35.1 Å². The number of thioether (sulfide) groups is 1. The van der Waals surface area contributed by atoms with Gasteiger partial charge in [-0.05, 0) is 48.4 Å². The van der Waals surface area contributed by atoms with Crippen molar-refractivity contribution in [3.63, 3.8) is 0 Å². The highest BCUT2D eigenvalue weighted by Gasteiger charge is 2.31. The van der Waals surface area contributed by atoms with Gasteiger partial charge in [0.05, 0.1) is 5.75 Å². The van der Waals surface area contributed by atoms with Crippen molar-refractivity contribution in [2.45, 2.75) is 37.2 Å². The van der Waals surface area contributed by atoms with Crippen LogP contribution in [0.4, 0.5) is 0 Å². The quantitative estimate of drug-likeness (QED) is 0.265. The van der Waals surface area contributed by atoms with Crippen molar-refractivity contribution in [3.8, 4) is 0 Å². The summed E-state index contributed by atoms with van der Waals surface area (Å²) in [6.45, 7) is 2.63. The van der Waals surface area contributed by atoms with E-state index in [-0.39, 0.29) is 24.1 Å². The number of rotatable bonds is 11. The third kappa shape index (κ3) is 8.18. The normalized spacial score (nSPS) is 11.7. The molecule has 0 saturated carbocycles. The molecule has 0 fully saturated rings. The number of nitrogens with zero attached hydrogens (tertiary/aromatic N) is 1. The van der Waals surface area contributed by atoms with E-state index in [0.717, 1.165) is 16.9 Å². The molecule has 35 heavy (non-hydrogen) atoms. The molecule has 0 aliphatic rings. The van der Waals surface area contributed by atoms with Gasteiger partial charge in [-0.2, -0.15) is 0 Å². The maximum Gasteiger partial charge on any atom is 0.243 e. The maximum absolute atomic E-state index is 13.6. The summed E-state index contributed by atoms with van der Waals surface area (Å²) in [5.41, 5.74) is 1.57. The molecule has 0 aliphatic heterocycles. The summed E-state index contributed by atoms with van der Waals surface area (Å²) in [6.07, 6.45) is 1.16. The molecule has 1 N–H and O–H groups in total. The summed E-state index contributed by atoms with van der Waals surface area (Å²) < 4.78 is 0. The molecule has 3 rings (SSSR count). The molecule has 0 radical (unpaired) electrons. The predicted octanol–water partition coefficient (Wildman–Crippen LogP) is 6.91. The van der Waals surface area contributed by atoms with E-state index in [1.165, 1.54) is 11.8 Å². The zero-order chi connectivity index (χ0) is 25.2. The second-order valence-corrected chi connectivity index (χ2v) is 10.3.